The summed E-state index contributed by atoms with van der Waals surface area (Å²) < 4.78 is 5.27. The van der Waals surface area contributed by atoms with Gasteiger partial charge in [0.1, 0.15) is 0 Å². The van der Waals surface area contributed by atoms with Crippen molar-refractivity contribution < 1.29 is 14.3 Å². The van der Waals surface area contributed by atoms with Gasteiger partial charge >= 0.3 is 0 Å². The highest BCUT2D eigenvalue weighted by molar-refractivity contribution is 5.86. The van der Waals surface area contributed by atoms with Crippen LogP contribution in [0.1, 0.15) is 26.7 Å². The molecule has 114 valence electrons. The predicted molar refractivity (Wildman–Crippen MR) is 75.0 cm³/mol. The molecular weight excluding hydrogens is 258 g/mol. The van der Waals surface area contributed by atoms with Crippen molar-refractivity contribution >= 4 is 11.8 Å². The Morgan fingerprint density at radius 2 is 1.55 bits per heavy atom. The Kier molecular flexibility index (Phi) is 4.65. The lowest BCUT2D eigenvalue weighted by atomic mass is 9.89. The summed E-state index contributed by atoms with van der Waals surface area (Å²) in [5.74, 6) is 0.177. The Morgan fingerprint density at radius 1 is 1.05 bits per heavy atom. The molecule has 2 heterocycles. The summed E-state index contributed by atoms with van der Waals surface area (Å²) in [4.78, 5) is 28.1. The summed E-state index contributed by atoms with van der Waals surface area (Å²) in [6.07, 6.45) is 1.16. The van der Waals surface area contributed by atoms with Crippen LogP contribution >= 0.6 is 0 Å². The molecule has 0 unspecified atom stereocenters. The fourth-order valence-corrected chi connectivity index (χ4v) is 2.76. The van der Waals surface area contributed by atoms with Crippen LogP contribution in [0.2, 0.25) is 0 Å². The van der Waals surface area contributed by atoms with Crippen molar-refractivity contribution in [2.24, 2.45) is 11.7 Å². The van der Waals surface area contributed by atoms with Crippen molar-refractivity contribution in [2.75, 3.05) is 39.4 Å². The van der Waals surface area contributed by atoms with Crippen LogP contribution in [0.4, 0.5) is 0 Å². The van der Waals surface area contributed by atoms with E-state index in [-0.39, 0.29) is 17.7 Å². The molecule has 6 heteroatoms. The highest BCUT2D eigenvalue weighted by atomic mass is 16.5. The number of carbonyl (C=O) groups is 2. The zero-order valence-electron chi connectivity index (χ0n) is 12.4. The average Bonchev–Trinajstić information content (AvgIpc) is 2.46. The molecule has 0 bridgehead atoms. The maximum Gasteiger partial charge on any atom is 0.242 e. The Balaban J connectivity index is 1.90. The average molecular weight is 283 g/mol. The second-order valence-corrected chi connectivity index (χ2v) is 6.04. The van der Waals surface area contributed by atoms with Gasteiger partial charge < -0.3 is 20.3 Å². The number of rotatable bonds is 2. The summed E-state index contributed by atoms with van der Waals surface area (Å²) in [6, 6.07) is 0. The maximum absolute atomic E-state index is 12.5. The molecular formula is C14H25N3O3. The molecule has 0 radical (unpaired) electrons. The van der Waals surface area contributed by atoms with Gasteiger partial charge in [0.2, 0.25) is 11.8 Å². The largest absolute Gasteiger partial charge is 0.381 e. The number of amides is 2. The van der Waals surface area contributed by atoms with E-state index < -0.39 is 5.54 Å². The molecule has 2 amide bonds. The smallest absolute Gasteiger partial charge is 0.242 e. The van der Waals surface area contributed by atoms with Crippen molar-refractivity contribution in [3.05, 3.63) is 0 Å². The Hall–Kier alpha value is -1.14. The number of nitrogens with zero attached hydrogens (tertiary/aromatic N) is 2. The van der Waals surface area contributed by atoms with Crippen LogP contribution in [-0.2, 0) is 14.3 Å². The SMILES string of the molecule is CC(C)C(=O)N1CCN(C(=O)C2(N)CCOCC2)CC1. The first-order chi connectivity index (χ1) is 9.44. The van der Waals surface area contributed by atoms with E-state index in [1.807, 2.05) is 18.7 Å². The summed E-state index contributed by atoms with van der Waals surface area (Å²) in [6.45, 7) is 7.27. The lowest BCUT2D eigenvalue weighted by molar-refractivity contribution is -0.146. The lowest BCUT2D eigenvalue weighted by Crippen LogP contribution is -2.61. The Bertz CT molecular complexity index is 370. The molecule has 0 aliphatic carbocycles. The highest BCUT2D eigenvalue weighted by Gasteiger charge is 2.40. The van der Waals surface area contributed by atoms with E-state index in [0.717, 1.165) is 0 Å². The third kappa shape index (κ3) is 3.12. The topological polar surface area (TPSA) is 75.9 Å². The number of piperazine rings is 1. The number of carbonyl (C=O) groups excluding carboxylic acids is 2. The van der Waals surface area contributed by atoms with E-state index in [1.165, 1.54) is 0 Å². The van der Waals surface area contributed by atoms with Gasteiger partial charge in [-0.25, -0.2) is 0 Å². The Morgan fingerprint density at radius 3 is 2.05 bits per heavy atom. The fraction of sp³-hybridized carbons (Fsp3) is 0.857. The molecule has 0 aromatic heterocycles. The molecule has 2 aliphatic heterocycles. The highest BCUT2D eigenvalue weighted by Crippen LogP contribution is 2.21. The van der Waals surface area contributed by atoms with Crippen molar-refractivity contribution in [2.45, 2.75) is 32.2 Å². The lowest BCUT2D eigenvalue weighted by Gasteiger charge is -2.41. The van der Waals surface area contributed by atoms with E-state index in [9.17, 15) is 9.59 Å². The monoisotopic (exact) mass is 283 g/mol. The van der Waals surface area contributed by atoms with Crippen molar-refractivity contribution in [3.8, 4) is 0 Å². The maximum atomic E-state index is 12.5. The van der Waals surface area contributed by atoms with Crippen LogP contribution in [0, 0.1) is 5.92 Å². The molecule has 0 aromatic rings. The van der Waals surface area contributed by atoms with Gasteiger partial charge in [-0.2, -0.15) is 0 Å². The summed E-state index contributed by atoms with van der Waals surface area (Å²) in [7, 11) is 0. The first kappa shape index (κ1) is 15.3. The minimum Gasteiger partial charge on any atom is -0.381 e. The number of ether oxygens (including phenoxy) is 1. The second-order valence-electron chi connectivity index (χ2n) is 6.04. The van der Waals surface area contributed by atoms with Gasteiger partial charge in [-0.3, -0.25) is 9.59 Å². The number of hydrogen-bond acceptors (Lipinski definition) is 4. The van der Waals surface area contributed by atoms with Crippen molar-refractivity contribution in [3.63, 3.8) is 0 Å². The molecule has 0 aromatic carbocycles. The summed E-state index contributed by atoms with van der Waals surface area (Å²) in [5, 5.41) is 0. The molecule has 20 heavy (non-hydrogen) atoms. The van der Waals surface area contributed by atoms with Gasteiger partial charge in [0, 0.05) is 45.3 Å². The van der Waals surface area contributed by atoms with Crippen LogP contribution in [0.25, 0.3) is 0 Å². The molecule has 2 aliphatic rings. The van der Waals surface area contributed by atoms with Crippen molar-refractivity contribution in [1.82, 2.24) is 9.80 Å². The van der Waals surface area contributed by atoms with Gasteiger partial charge in [0.05, 0.1) is 5.54 Å². The molecule has 2 rings (SSSR count). The van der Waals surface area contributed by atoms with Crippen LogP contribution < -0.4 is 5.73 Å². The summed E-state index contributed by atoms with van der Waals surface area (Å²) in [5.41, 5.74) is 5.45. The van der Waals surface area contributed by atoms with Gasteiger partial charge in [-0.1, -0.05) is 13.8 Å². The number of nitrogens with two attached hydrogens (primary N) is 1. The van der Waals surface area contributed by atoms with Crippen LogP contribution in [-0.4, -0.2) is 66.5 Å². The quantitative estimate of drug-likeness (QED) is 0.763. The molecule has 2 saturated heterocycles. The molecule has 6 nitrogen and oxygen atoms in total. The molecule has 2 N–H and O–H groups in total. The first-order valence-electron chi connectivity index (χ1n) is 7.39. The van der Waals surface area contributed by atoms with E-state index in [2.05, 4.69) is 0 Å². The van der Waals surface area contributed by atoms with Crippen LogP contribution in [0.3, 0.4) is 0 Å². The van der Waals surface area contributed by atoms with Crippen molar-refractivity contribution in [1.29, 1.82) is 0 Å². The zero-order chi connectivity index (χ0) is 14.8. The minimum atomic E-state index is -0.775. The zero-order valence-corrected chi connectivity index (χ0v) is 12.4. The standard InChI is InChI=1S/C14H25N3O3/c1-11(2)12(18)16-5-7-17(8-6-16)13(19)14(15)3-9-20-10-4-14/h11H,3-10,15H2,1-2H3. The van der Waals surface area contributed by atoms with E-state index in [0.29, 0.717) is 52.2 Å². The Labute approximate surface area is 120 Å². The number of hydrogen-bond donors (Lipinski definition) is 1. The van der Waals surface area contributed by atoms with Gasteiger partial charge in [0.25, 0.3) is 0 Å². The van der Waals surface area contributed by atoms with Crippen LogP contribution in [0.15, 0.2) is 0 Å². The van der Waals surface area contributed by atoms with Gasteiger partial charge in [0.15, 0.2) is 0 Å². The van der Waals surface area contributed by atoms with Gasteiger partial charge in [-0.15, -0.1) is 0 Å². The normalized spacial score (nSPS) is 23.0. The van der Waals surface area contributed by atoms with E-state index in [1.54, 1.807) is 4.90 Å². The molecule has 0 atom stereocenters. The van der Waals surface area contributed by atoms with Gasteiger partial charge in [-0.05, 0) is 12.8 Å². The second kappa shape index (κ2) is 6.10. The predicted octanol–water partition coefficient (Wildman–Crippen LogP) is -0.179. The molecule has 0 spiro atoms. The third-order valence-corrected chi connectivity index (χ3v) is 4.18. The molecule has 2 fully saturated rings. The molecule has 0 saturated carbocycles. The fourth-order valence-electron chi connectivity index (χ4n) is 2.76. The summed E-state index contributed by atoms with van der Waals surface area (Å²) >= 11 is 0. The minimum absolute atomic E-state index is 0.00796. The van der Waals surface area contributed by atoms with E-state index >= 15 is 0 Å². The van der Waals surface area contributed by atoms with Crippen LogP contribution in [0.5, 0.6) is 0 Å². The third-order valence-electron chi connectivity index (χ3n) is 4.18. The first-order valence-corrected chi connectivity index (χ1v) is 7.39. The van der Waals surface area contributed by atoms with E-state index in [4.69, 9.17) is 10.5 Å².